The van der Waals surface area contributed by atoms with E-state index in [0.29, 0.717) is 31.1 Å². The maximum Gasteiger partial charge on any atom is 0.246 e. The second-order valence-corrected chi connectivity index (χ2v) is 11.5. The predicted octanol–water partition coefficient (Wildman–Crippen LogP) is 3.22. The molecule has 1 aliphatic heterocycles. The average Bonchev–Trinajstić information content (AvgIpc) is 3.47. The van der Waals surface area contributed by atoms with Crippen molar-refractivity contribution in [3.05, 3.63) is 95.7 Å². The SMILES string of the molecule is CCOc1ccc(CN(C)C(=O)C(Cc2c[nH]c3ccccc23)NC(=O)CN2CC(=O)NC(Cc3ccccc3)C2=O)cc1OCC. The lowest BCUT2D eigenvalue weighted by Gasteiger charge is -2.32. The van der Waals surface area contributed by atoms with Gasteiger partial charge >= 0.3 is 0 Å². The van der Waals surface area contributed by atoms with Gasteiger partial charge in [-0.15, -0.1) is 0 Å². The van der Waals surface area contributed by atoms with E-state index in [0.717, 1.165) is 27.6 Å². The Morgan fingerprint density at radius 3 is 2.45 bits per heavy atom. The molecule has 47 heavy (non-hydrogen) atoms. The van der Waals surface area contributed by atoms with Crippen molar-refractivity contribution in [1.82, 2.24) is 25.4 Å². The molecule has 4 aromatic rings. The summed E-state index contributed by atoms with van der Waals surface area (Å²) in [5, 5.41) is 6.56. The molecule has 4 amide bonds. The number of nitrogens with one attached hydrogen (secondary N) is 3. The zero-order valence-corrected chi connectivity index (χ0v) is 27.0. The zero-order chi connectivity index (χ0) is 33.3. The lowest BCUT2D eigenvalue weighted by atomic mass is 10.0. The van der Waals surface area contributed by atoms with Gasteiger partial charge in [-0.05, 0) is 48.7 Å². The number of benzene rings is 3. The van der Waals surface area contributed by atoms with Crippen molar-refractivity contribution in [2.75, 3.05) is 33.4 Å². The van der Waals surface area contributed by atoms with Gasteiger partial charge in [0.1, 0.15) is 25.2 Å². The van der Waals surface area contributed by atoms with Crippen molar-refractivity contribution in [2.24, 2.45) is 0 Å². The molecule has 1 fully saturated rings. The molecule has 11 heteroatoms. The number of H-pyrrole nitrogens is 1. The number of aromatic amines is 1. The Hall–Kier alpha value is -5.32. The minimum Gasteiger partial charge on any atom is -0.490 e. The zero-order valence-electron chi connectivity index (χ0n) is 27.0. The van der Waals surface area contributed by atoms with Gasteiger partial charge in [-0.2, -0.15) is 0 Å². The summed E-state index contributed by atoms with van der Waals surface area (Å²) in [6, 6.07) is 21.0. The summed E-state index contributed by atoms with van der Waals surface area (Å²) in [5.74, 6) is -0.300. The number of para-hydroxylation sites is 1. The van der Waals surface area contributed by atoms with E-state index in [1.807, 2.05) is 92.8 Å². The molecule has 2 heterocycles. The van der Waals surface area contributed by atoms with Crippen LogP contribution in [0.2, 0.25) is 0 Å². The highest BCUT2D eigenvalue weighted by Gasteiger charge is 2.35. The van der Waals surface area contributed by atoms with Gasteiger partial charge in [0.2, 0.25) is 23.6 Å². The Balaban J connectivity index is 1.32. The highest BCUT2D eigenvalue weighted by Crippen LogP contribution is 2.29. The Bertz CT molecular complexity index is 1720. The molecule has 246 valence electrons. The second-order valence-electron chi connectivity index (χ2n) is 11.5. The highest BCUT2D eigenvalue weighted by molar-refractivity contribution is 5.98. The van der Waals surface area contributed by atoms with Gasteiger partial charge in [-0.3, -0.25) is 19.2 Å². The van der Waals surface area contributed by atoms with Gasteiger partial charge in [0.15, 0.2) is 11.5 Å². The number of aromatic nitrogens is 1. The van der Waals surface area contributed by atoms with Gasteiger partial charge in [-0.25, -0.2) is 0 Å². The van der Waals surface area contributed by atoms with E-state index >= 15 is 0 Å². The molecule has 2 unspecified atom stereocenters. The Morgan fingerprint density at radius 1 is 0.957 bits per heavy atom. The van der Waals surface area contributed by atoms with Crippen LogP contribution in [0.1, 0.15) is 30.5 Å². The lowest BCUT2D eigenvalue weighted by molar-refractivity contribution is -0.146. The standard InChI is InChI=1S/C36H41N5O6/c1-4-46-31-16-15-25(18-32(31)47-5-2)21-40(3)35(44)30(19-26-20-37-28-14-10-9-13-27(26)28)39-34(43)23-41-22-33(42)38-29(36(41)45)17-24-11-7-6-8-12-24/h6-16,18,20,29-30,37H,4-5,17,19,21-23H2,1-3H3,(H,38,42)(H,39,43). The summed E-state index contributed by atoms with van der Waals surface area (Å²) in [6.45, 7) is 4.42. The summed E-state index contributed by atoms with van der Waals surface area (Å²) in [7, 11) is 1.68. The number of hydrogen-bond acceptors (Lipinski definition) is 6. The topological polar surface area (TPSA) is 133 Å². The number of carbonyl (C=O) groups excluding carboxylic acids is 4. The Morgan fingerprint density at radius 2 is 1.68 bits per heavy atom. The van der Waals surface area contributed by atoms with Crippen LogP contribution in [0, 0.1) is 0 Å². The minimum atomic E-state index is -0.936. The van der Waals surface area contributed by atoms with Crippen LogP contribution in [0.5, 0.6) is 11.5 Å². The summed E-state index contributed by atoms with van der Waals surface area (Å²) in [4.78, 5) is 59.4. The fourth-order valence-electron chi connectivity index (χ4n) is 5.84. The first kappa shape index (κ1) is 33.1. The molecule has 3 aromatic carbocycles. The van der Waals surface area contributed by atoms with Gasteiger partial charge in [0, 0.05) is 43.5 Å². The van der Waals surface area contributed by atoms with E-state index in [-0.39, 0.29) is 43.8 Å². The third-order valence-electron chi connectivity index (χ3n) is 8.03. The number of rotatable bonds is 14. The van der Waals surface area contributed by atoms with Crippen molar-refractivity contribution < 1.29 is 28.7 Å². The van der Waals surface area contributed by atoms with Gasteiger partial charge in [0.05, 0.1) is 13.2 Å². The number of amides is 4. The molecule has 1 aliphatic rings. The molecule has 3 N–H and O–H groups in total. The summed E-state index contributed by atoms with van der Waals surface area (Å²) < 4.78 is 11.4. The Labute approximate surface area is 274 Å². The van der Waals surface area contributed by atoms with Crippen LogP contribution in [0.15, 0.2) is 79.0 Å². The van der Waals surface area contributed by atoms with E-state index in [2.05, 4.69) is 15.6 Å². The van der Waals surface area contributed by atoms with E-state index in [9.17, 15) is 19.2 Å². The lowest BCUT2D eigenvalue weighted by Crippen LogP contribution is -2.61. The molecule has 0 bridgehead atoms. The fraction of sp³-hybridized carbons (Fsp3) is 0.333. The van der Waals surface area contributed by atoms with Crippen molar-refractivity contribution in [3.8, 4) is 11.5 Å². The number of ether oxygens (including phenoxy) is 2. The quantitative estimate of drug-likeness (QED) is 0.194. The van der Waals surface area contributed by atoms with Gasteiger partial charge in [0.25, 0.3) is 0 Å². The number of nitrogens with zero attached hydrogens (tertiary/aromatic N) is 2. The molecule has 11 nitrogen and oxygen atoms in total. The van der Waals surface area contributed by atoms with Crippen LogP contribution in [0.3, 0.4) is 0 Å². The predicted molar refractivity (Wildman–Crippen MR) is 178 cm³/mol. The third kappa shape index (κ3) is 8.29. The summed E-state index contributed by atoms with van der Waals surface area (Å²) in [5.41, 5.74) is 3.51. The molecule has 1 aromatic heterocycles. The largest absolute Gasteiger partial charge is 0.490 e. The molecular formula is C36H41N5O6. The second kappa shape index (κ2) is 15.3. The summed E-state index contributed by atoms with van der Waals surface area (Å²) in [6.07, 6.45) is 2.37. The molecular weight excluding hydrogens is 598 g/mol. The van der Waals surface area contributed by atoms with Gasteiger partial charge < -0.3 is 34.9 Å². The van der Waals surface area contributed by atoms with Gasteiger partial charge in [-0.1, -0.05) is 54.6 Å². The number of piperazine rings is 1. The van der Waals surface area contributed by atoms with Crippen LogP contribution in [0.4, 0.5) is 0 Å². The molecule has 0 aliphatic carbocycles. The average molecular weight is 640 g/mol. The van der Waals surface area contributed by atoms with Crippen molar-refractivity contribution in [1.29, 1.82) is 0 Å². The van der Waals surface area contributed by atoms with Crippen molar-refractivity contribution in [3.63, 3.8) is 0 Å². The first-order valence-corrected chi connectivity index (χ1v) is 15.9. The van der Waals surface area contributed by atoms with Crippen molar-refractivity contribution >= 4 is 34.5 Å². The smallest absolute Gasteiger partial charge is 0.246 e. The molecule has 0 saturated carbocycles. The van der Waals surface area contributed by atoms with E-state index in [1.54, 1.807) is 11.9 Å². The van der Waals surface area contributed by atoms with Crippen LogP contribution in [0.25, 0.3) is 10.9 Å². The summed E-state index contributed by atoms with van der Waals surface area (Å²) >= 11 is 0. The minimum absolute atomic E-state index is 0.220. The number of likely N-dealkylation sites (N-methyl/N-ethyl adjacent to an activating group) is 1. The van der Waals surface area contributed by atoms with E-state index < -0.39 is 18.0 Å². The first-order chi connectivity index (χ1) is 22.7. The first-order valence-electron chi connectivity index (χ1n) is 15.9. The third-order valence-corrected chi connectivity index (χ3v) is 8.03. The molecule has 2 atom stereocenters. The number of carbonyl (C=O) groups is 4. The molecule has 0 spiro atoms. The van der Waals surface area contributed by atoms with E-state index in [4.69, 9.17) is 9.47 Å². The fourth-order valence-corrected chi connectivity index (χ4v) is 5.84. The van der Waals surface area contributed by atoms with Crippen LogP contribution in [-0.2, 0) is 38.6 Å². The molecule has 0 radical (unpaired) electrons. The van der Waals surface area contributed by atoms with E-state index in [1.165, 1.54) is 4.90 Å². The number of hydrogen-bond donors (Lipinski definition) is 3. The van der Waals surface area contributed by atoms with Crippen LogP contribution >= 0.6 is 0 Å². The Kier molecular flexibility index (Phi) is 10.8. The normalized spacial score (nSPS) is 15.2. The van der Waals surface area contributed by atoms with Crippen molar-refractivity contribution in [2.45, 2.75) is 45.3 Å². The maximum atomic E-state index is 14.0. The molecule has 5 rings (SSSR count). The molecule has 1 saturated heterocycles. The monoisotopic (exact) mass is 639 g/mol. The maximum absolute atomic E-state index is 14.0. The number of fused-ring (bicyclic) bond motifs is 1. The highest BCUT2D eigenvalue weighted by atomic mass is 16.5. The van der Waals surface area contributed by atoms with Crippen LogP contribution < -0.4 is 20.1 Å². The van der Waals surface area contributed by atoms with Crippen LogP contribution in [-0.4, -0.2) is 83.8 Å².